The summed E-state index contributed by atoms with van der Waals surface area (Å²) in [6.07, 6.45) is 7.12. The van der Waals surface area contributed by atoms with Gasteiger partial charge in [0.1, 0.15) is 0 Å². The maximum absolute atomic E-state index is 12.7. The predicted molar refractivity (Wildman–Crippen MR) is 94.6 cm³/mol. The number of hydrogen-bond donors (Lipinski definition) is 1. The topological polar surface area (TPSA) is 64.3 Å². The maximum atomic E-state index is 12.7. The van der Waals surface area contributed by atoms with Crippen LogP contribution in [0.2, 0.25) is 0 Å². The number of phenolic OH excluding ortho intramolecular Hbond substituents is 1. The van der Waals surface area contributed by atoms with E-state index in [1.165, 1.54) is 7.11 Å². The summed E-state index contributed by atoms with van der Waals surface area (Å²) in [5.41, 5.74) is 1.77. The molecular formula is C19H20N2O3. The zero-order valence-corrected chi connectivity index (χ0v) is 13.8. The van der Waals surface area contributed by atoms with Crippen LogP contribution in [0.5, 0.6) is 11.5 Å². The third kappa shape index (κ3) is 2.85. The molecular weight excluding hydrogens is 304 g/mol. The van der Waals surface area contributed by atoms with E-state index in [1.54, 1.807) is 29.1 Å². The van der Waals surface area contributed by atoms with Gasteiger partial charge in [0.25, 0.3) is 5.56 Å². The van der Waals surface area contributed by atoms with Gasteiger partial charge >= 0.3 is 0 Å². The first-order chi connectivity index (χ1) is 11.7. The standard InChI is InChI=1S/C19H20N2O3/c1-3-4-9-21-12-16(13-5-6-17(22)18(10-13)24-2)14-7-8-20-11-15(14)19(21)23/h5-8,10-12,22H,3-4,9H2,1-2H3. The molecule has 0 saturated carbocycles. The van der Waals surface area contributed by atoms with Crippen LogP contribution in [0.1, 0.15) is 19.8 Å². The quantitative estimate of drug-likeness (QED) is 0.779. The number of fused-ring (bicyclic) bond motifs is 1. The number of rotatable bonds is 5. The number of aromatic nitrogens is 2. The van der Waals surface area contributed by atoms with E-state index in [-0.39, 0.29) is 11.3 Å². The van der Waals surface area contributed by atoms with Crippen LogP contribution in [0.25, 0.3) is 21.9 Å². The van der Waals surface area contributed by atoms with Gasteiger partial charge in [0, 0.05) is 30.7 Å². The van der Waals surface area contributed by atoms with Gasteiger partial charge in [-0.2, -0.15) is 0 Å². The lowest BCUT2D eigenvalue weighted by Crippen LogP contribution is -2.20. The van der Waals surface area contributed by atoms with Crippen molar-refractivity contribution in [1.29, 1.82) is 0 Å². The third-order valence-electron chi connectivity index (χ3n) is 4.13. The number of aromatic hydroxyl groups is 1. The summed E-state index contributed by atoms with van der Waals surface area (Å²) in [6, 6.07) is 7.04. The van der Waals surface area contributed by atoms with E-state index < -0.39 is 0 Å². The first kappa shape index (κ1) is 16.1. The Bertz CT molecular complexity index is 932. The van der Waals surface area contributed by atoms with Gasteiger partial charge in [0.15, 0.2) is 11.5 Å². The molecule has 1 N–H and O–H groups in total. The Morgan fingerprint density at radius 1 is 1.25 bits per heavy atom. The predicted octanol–water partition coefficient (Wildman–Crippen LogP) is 3.58. The molecule has 24 heavy (non-hydrogen) atoms. The van der Waals surface area contributed by atoms with Crippen molar-refractivity contribution >= 4 is 10.8 Å². The minimum absolute atomic E-state index is 0.0268. The second kappa shape index (κ2) is 6.74. The fourth-order valence-electron chi connectivity index (χ4n) is 2.81. The summed E-state index contributed by atoms with van der Waals surface area (Å²) >= 11 is 0. The summed E-state index contributed by atoms with van der Waals surface area (Å²) in [4.78, 5) is 16.8. The van der Waals surface area contributed by atoms with Crippen LogP contribution in [-0.4, -0.2) is 21.8 Å². The van der Waals surface area contributed by atoms with E-state index in [9.17, 15) is 9.90 Å². The van der Waals surface area contributed by atoms with Gasteiger partial charge in [0.05, 0.1) is 12.5 Å². The molecule has 3 aromatic rings. The van der Waals surface area contributed by atoms with E-state index in [4.69, 9.17) is 4.74 Å². The Morgan fingerprint density at radius 2 is 2.08 bits per heavy atom. The van der Waals surface area contributed by atoms with Gasteiger partial charge in [0.2, 0.25) is 0 Å². The molecule has 124 valence electrons. The van der Waals surface area contributed by atoms with Crippen molar-refractivity contribution in [3.8, 4) is 22.6 Å². The van der Waals surface area contributed by atoms with Crippen molar-refractivity contribution in [2.45, 2.75) is 26.3 Å². The van der Waals surface area contributed by atoms with Crippen molar-refractivity contribution in [2.75, 3.05) is 7.11 Å². The highest BCUT2D eigenvalue weighted by Crippen LogP contribution is 2.33. The number of methoxy groups -OCH3 is 1. The number of unbranched alkanes of at least 4 members (excludes halogenated alkanes) is 1. The van der Waals surface area contributed by atoms with Crippen molar-refractivity contribution in [2.24, 2.45) is 0 Å². The molecule has 0 unspecified atom stereocenters. The van der Waals surface area contributed by atoms with Gasteiger partial charge in [-0.05, 0) is 35.6 Å². The average Bonchev–Trinajstić information content (AvgIpc) is 2.62. The van der Waals surface area contributed by atoms with Gasteiger partial charge < -0.3 is 14.4 Å². The Kier molecular flexibility index (Phi) is 4.51. The Balaban J connectivity index is 2.26. The molecule has 0 aliphatic carbocycles. The van der Waals surface area contributed by atoms with Gasteiger partial charge in [-0.3, -0.25) is 9.78 Å². The third-order valence-corrected chi connectivity index (χ3v) is 4.13. The van der Waals surface area contributed by atoms with Gasteiger partial charge in [-0.25, -0.2) is 0 Å². The lowest BCUT2D eigenvalue weighted by molar-refractivity contribution is 0.373. The number of aryl methyl sites for hydroxylation is 1. The summed E-state index contributed by atoms with van der Waals surface area (Å²) in [7, 11) is 1.52. The van der Waals surface area contributed by atoms with Crippen molar-refractivity contribution in [3.05, 3.63) is 53.2 Å². The number of hydrogen-bond acceptors (Lipinski definition) is 4. The number of benzene rings is 1. The zero-order valence-electron chi connectivity index (χ0n) is 13.8. The van der Waals surface area contributed by atoms with Crippen molar-refractivity contribution in [3.63, 3.8) is 0 Å². The molecule has 0 fully saturated rings. The highest BCUT2D eigenvalue weighted by Gasteiger charge is 2.12. The molecule has 0 saturated heterocycles. The van der Waals surface area contributed by atoms with Crippen LogP contribution in [0, 0.1) is 0 Å². The fraction of sp³-hybridized carbons (Fsp3) is 0.263. The van der Waals surface area contributed by atoms with Crippen molar-refractivity contribution in [1.82, 2.24) is 9.55 Å². The number of pyridine rings is 2. The van der Waals surface area contributed by atoms with Crippen LogP contribution in [0.4, 0.5) is 0 Å². The molecule has 3 rings (SSSR count). The monoisotopic (exact) mass is 324 g/mol. The normalized spacial score (nSPS) is 10.9. The minimum Gasteiger partial charge on any atom is -0.504 e. The van der Waals surface area contributed by atoms with E-state index in [1.807, 2.05) is 18.3 Å². The van der Waals surface area contributed by atoms with Crippen LogP contribution >= 0.6 is 0 Å². The summed E-state index contributed by atoms with van der Waals surface area (Å²) < 4.78 is 6.95. The molecule has 0 radical (unpaired) electrons. The second-order valence-electron chi connectivity index (χ2n) is 5.70. The molecule has 0 aliphatic rings. The first-order valence-corrected chi connectivity index (χ1v) is 8.00. The number of nitrogens with zero attached hydrogens (tertiary/aromatic N) is 2. The molecule has 0 amide bonds. The fourth-order valence-corrected chi connectivity index (χ4v) is 2.81. The molecule has 1 aromatic carbocycles. The first-order valence-electron chi connectivity index (χ1n) is 8.00. The van der Waals surface area contributed by atoms with E-state index >= 15 is 0 Å². The molecule has 0 spiro atoms. The second-order valence-corrected chi connectivity index (χ2v) is 5.70. The molecule has 2 aromatic heterocycles. The summed E-state index contributed by atoms with van der Waals surface area (Å²) in [5, 5.41) is 11.3. The van der Waals surface area contributed by atoms with Crippen LogP contribution in [-0.2, 0) is 6.54 Å². The van der Waals surface area contributed by atoms with Crippen LogP contribution in [0.3, 0.4) is 0 Å². The SMILES string of the molecule is CCCCn1cc(-c2ccc(O)c(OC)c2)c2ccncc2c1=O. The Labute approximate surface area is 140 Å². The van der Waals surface area contributed by atoms with Crippen molar-refractivity contribution < 1.29 is 9.84 Å². The highest BCUT2D eigenvalue weighted by molar-refractivity contribution is 5.95. The van der Waals surface area contributed by atoms with Crippen LogP contribution < -0.4 is 10.3 Å². The lowest BCUT2D eigenvalue weighted by atomic mass is 10.0. The lowest BCUT2D eigenvalue weighted by Gasteiger charge is -2.13. The smallest absolute Gasteiger partial charge is 0.260 e. The molecule has 0 atom stereocenters. The Hall–Kier alpha value is -2.82. The molecule has 5 nitrogen and oxygen atoms in total. The molecule has 0 aliphatic heterocycles. The molecule has 5 heteroatoms. The Morgan fingerprint density at radius 3 is 2.83 bits per heavy atom. The minimum atomic E-state index is -0.0268. The number of ether oxygens (including phenoxy) is 1. The van der Waals surface area contributed by atoms with Crippen LogP contribution in [0.15, 0.2) is 47.7 Å². The van der Waals surface area contributed by atoms with Gasteiger partial charge in [-0.15, -0.1) is 0 Å². The van der Waals surface area contributed by atoms with Gasteiger partial charge in [-0.1, -0.05) is 19.4 Å². The molecule has 0 bridgehead atoms. The van der Waals surface area contributed by atoms with E-state index in [0.717, 1.165) is 29.4 Å². The number of phenols is 1. The zero-order chi connectivity index (χ0) is 17.1. The summed E-state index contributed by atoms with van der Waals surface area (Å²) in [5.74, 6) is 0.493. The average molecular weight is 324 g/mol. The summed E-state index contributed by atoms with van der Waals surface area (Å²) in [6.45, 7) is 2.77. The highest BCUT2D eigenvalue weighted by atomic mass is 16.5. The molecule has 2 heterocycles. The van der Waals surface area contributed by atoms with E-state index in [0.29, 0.717) is 17.7 Å². The largest absolute Gasteiger partial charge is 0.504 e. The van der Waals surface area contributed by atoms with E-state index in [2.05, 4.69) is 11.9 Å². The maximum Gasteiger partial charge on any atom is 0.260 e.